The molecule has 1 aliphatic carbocycles. The Hall–Kier alpha value is -3.15. The highest BCUT2D eigenvalue weighted by molar-refractivity contribution is 5.88. The van der Waals surface area contributed by atoms with Crippen LogP contribution in [0.15, 0.2) is 24.4 Å². The Balaban J connectivity index is 0.000000277. The van der Waals surface area contributed by atoms with E-state index in [1.807, 2.05) is 6.92 Å². The van der Waals surface area contributed by atoms with E-state index in [2.05, 4.69) is 46.6 Å². The number of piperidine rings is 1. The first-order valence-corrected chi connectivity index (χ1v) is 11.1. The van der Waals surface area contributed by atoms with Gasteiger partial charge >= 0.3 is 18.0 Å². The van der Waals surface area contributed by atoms with Gasteiger partial charge in [-0.2, -0.15) is 0 Å². The molecule has 1 saturated heterocycles. The average molecular weight is 478 g/mol. The zero-order chi connectivity index (χ0) is 25.0. The highest BCUT2D eigenvalue weighted by atomic mass is 16.5. The van der Waals surface area contributed by atoms with E-state index in [4.69, 9.17) is 25.2 Å². The van der Waals surface area contributed by atoms with Gasteiger partial charge in [0.2, 0.25) is 0 Å². The number of hydrogen-bond acceptors (Lipinski definition) is 7. The average Bonchev–Trinajstić information content (AvgIpc) is 3.22. The number of alkyl carbamates (subject to hydrolysis) is 1. The Bertz CT molecular complexity index is 1020. The molecule has 2 heterocycles. The Kier molecular flexibility index (Phi) is 8.13. The van der Waals surface area contributed by atoms with E-state index in [-0.39, 0.29) is 6.09 Å². The van der Waals surface area contributed by atoms with Gasteiger partial charge in [0.25, 0.3) is 0 Å². The molecule has 1 aliphatic heterocycles. The van der Waals surface area contributed by atoms with Crippen LogP contribution in [0, 0.1) is 5.92 Å². The quantitative estimate of drug-likeness (QED) is 0.351. The minimum absolute atomic E-state index is 0.305. The number of aromatic nitrogens is 1. The number of aliphatic carboxylic acids is 2. The number of carboxylic acid groups (broad SMARTS) is 2. The van der Waals surface area contributed by atoms with E-state index in [9.17, 15) is 14.4 Å². The summed E-state index contributed by atoms with van der Waals surface area (Å²) in [6.07, 6.45) is -0.440. The number of carbonyl (C=O) groups is 3. The van der Waals surface area contributed by atoms with Gasteiger partial charge in [-0.25, -0.2) is 14.4 Å². The maximum absolute atomic E-state index is 11.6. The van der Waals surface area contributed by atoms with E-state index >= 15 is 0 Å². The normalized spacial score (nSPS) is 23.1. The molecule has 0 bridgehead atoms. The van der Waals surface area contributed by atoms with Gasteiger partial charge in [-0.15, -0.1) is 0 Å². The van der Waals surface area contributed by atoms with Gasteiger partial charge in [0.1, 0.15) is 0 Å². The van der Waals surface area contributed by atoms with E-state index in [1.165, 1.54) is 22.0 Å². The number of carboxylic acids is 2. The van der Waals surface area contributed by atoms with Crippen LogP contribution in [0.5, 0.6) is 0 Å². The number of hydrogen-bond donors (Lipinski definition) is 6. The predicted octanol–water partition coefficient (Wildman–Crippen LogP) is 0.751. The number of nitrogens with zero attached hydrogens (tertiary/aromatic N) is 1. The van der Waals surface area contributed by atoms with Crippen molar-refractivity contribution in [3.05, 3.63) is 35.5 Å². The van der Waals surface area contributed by atoms with Crippen LogP contribution in [0.25, 0.3) is 10.9 Å². The van der Waals surface area contributed by atoms with Crippen molar-refractivity contribution >= 4 is 28.9 Å². The zero-order valence-electron chi connectivity index (χ0n) is 19.1. The molecule has 1 amide bonds. The van der Waals surface area contributed by atoms with Crippen molar-refractivity contribution in [1.82, 2.24) is 15.2 Å². The molecule has 1 fully saturated rings. The summed E-state index contributed by atoms with van der Waals surface area (Å²) in [6, 6.07) is 7.15. The Morgan fingerprint density at radius 2 is 1.88 bits per heavy atom. The Morgan fingerprint density at radius 1 is 1.21 bits per heavy atom. The molecule has 6 N–H and O–H groups in total. The lowest BCUT2D eigenvalue weighted by Crippen LogP contribution is -2.50. The largest absolute Gasteiger partial charge is 0.479 e. The van der Waals surface area contributed by atoms with Gasteiger partial charge in [-0.1, -0.05) is 12.1 Å². The van der Waals surface area contributed by atoms with Crippen LogP contribution in [-0.2, 0) is 20.7 Å². The molecule has 0 spiro atoms. The minimum atomic E-state index is -2.27. The third-order valence-electron chi connectivity index (χ3n) is 6.43. The van der Waals surface area contributed by atoms with E-state index < -0.39 is 24.1 Å². The summed E-state index contributed by atoms with van der Waals surface area (Å²) in [5, 5.41) is 36.9. The van der Waals surface area contributed by atoms with Crippen LogP contribution < -0.4 is 5.32 Å². The monoisotopic (exact) mass is 477 g/mol. The topological polar surface area (TPSA) is 172 Å². The number of fused-ring (bicyclic) bond motifs is 2. The maximum Gasteiger partial charge on any atom is 0.407 e. The summed E-state index contributed by atoms with van der Waals surface area (Å²) in [5.41, 5.74) is 4.15. The van der Waals surface area contributed by atoms with Crippen LogP contribution in [0.2, 0.25) is 0 Å². The first-order valence-electron chi connectivity index (χ1n) is 11.1. The van der Waals surface area contributed by atoms with Crippen LogP contribution in [0.4, 0.5) is 4.79 Å². The summed E-state index contributed by atoms with van der Waals surface area (Å²) < 4.78 is 4.98. The van der Waals surface area contributed by atoms with Gasteiger partial charge in [0, 0.05) is 42.1 Å². The second-order valence-corrected chi connectivity index (χ2v) is 8.67. The fourth-order valence-electron chi connectivity index (χ4n) is 4.88. The van der Waals surface area contributed by atoms with Crippen molar-refractivity contribution < 1.29 is 39.5 Å². The molecule has 11 heteroatoms. The number of carbonyl (C=O) groups excluding carboxylic acids is 1. The summed E-state index contributed by atoms with van der Waals surface area (Å²) >= 11 is 0. The molecule has 186 valence electrons. The van der Waals surface area contributed by atoms with E-state index in [0.717, 1.165) is 19.4 Å². The zero-order valence-corrected chi connectivity index (χ0v) is 19.1. The van der Waals surface area contributed by atoms with Crippen molar-refractivity contribution in [3.8, 4) is 0 Å². The summed E-state index contributed by atoms with van der Waals surface area (Å²) in [7, 11) is 2.21. The van der Waals surface area contributed by atoms with Crippen molar-refractivity contribution in [2.45, 2.75) is 43.9 Å². The lowest BCUT2D eigenvalue weighted by Gasteiger charge is -2.45. The molecular weight excluding hydrogens is 446 g/mol. The van der Waals surface area contributed by atoms with Gasteiger partial charge in [0.05, 0.1) is 6.61 Å². The van der Waals surface area contributed by atoms with Crippen LogP contribution in [-0.4, -0.2) is 93.3 Å². The lowest BCUT2D eigenvalue weighted by molar-refractivity contribution is -0.165. The number of aliphatic hydroxyl groups is 2. The summed E-state index contributed by atoms with van der Waals surface area (Å²) in [4.78, 5) is 37.0. The van der Waals surface area contributed by atoms with Crippen LogP contribution >= 0.6 is 0 Å². The standard InChI is InChI=1S/C19H25N3O2.C4H6O6/c1-3-24-19(23)21-9-12-7-15-14-5-4-6-16-18(14)13(10-20-16)8-17(15)22(2)11-12;5-1(3(7)8)2(6)4(9)10/h4-6,10,12,15,17,20H,3,7-9,11H2,1-2H3,(H,21,23);1-2,5-6H,(H,7,8)(H,9,10)/t12-,15?,17+;/m0./s1. The lowest BCUT2D eigenvalue weighted by atomic mass is 9.72. The summed E-state index contributed by atoms with van der Waals surface area (Å²) in [6.45, 7) is 3.95. The molecule has 1 aromatic heterocycles. The fourth-order valence-corrected chi connectivity index (χ4v) is 4.88. The first-order chi connectivity index (χ1) is 16.1. The highest BCUT2D eigenvalue weighted by Gasteiger charge is 2.39. The first kappa shape index (κ1) is 25.5. The molecule has 2 aliphatic rings. The number of aliphatic hydroxyl groups excluding tert-OH is 2. The maximum atomic E-state index is 11.6. The molecular formula is C23H31N3O8. The number of amides is 1. The molecule has 1 aromatic carbocycles. The third kappa shape index (κ3) is 5.49. The fraction of sp³-hybridized carbons (Fsp3) is 0.522. The smallest absolute Gasteiger partial charge is 0.407 e. The molecule has 0 saturated carbocycles. The molecule has 4 rings (SSSR count). The second-order valence-electron chi connectivity index (χ2n) is 8.67. The van der Waals surface area contributed by atoms with E-state index in [1.54, 1.807) is 0 Å². The van der Waals surface area contributed by atoms with Crippen molar-refractivity contribution in [3.63, 3.8) is 0 Å². The van der Waals surface area contributed by atoms with Crippen molar-refractivity contribution in [1.29, 1.82) is 0 Å². The van der Waals surface area contributed by atoms with Gasteiger partial charge in [-0.3, -0.25) is 0 Å². The highest BCUT2D eigenvalue weighted by Crippen LogP contribution is 2.44. The SMILES string of the molecule is CCOC(=O)NC[C@@H]1CC2c3cccc4[nH]cc(c34)C[C@H]2N(C)C1.O=C(O)C(O)C(O)C(=O)O. The minimum Gasteiger partial charge on any atom is -0.479 e. The second kappa shape index (κ2) is 10.9. The Morgan fingerprint density at radius 3 is 2.50 bits per heavy atom. The predicted molar refractivity (Wildman–Crippen MR) is 122 cm³/mol. The molecule has 34 heavy (non-hydrogen) atoms. The van der Waals surface area contributed by atoms with E-state index in [0.29, 0.717) is 31.0 Å². The number of likely N-dealkylation sites (tertiary alicyclic amines) is 1. The molecule has 5 atom stereocenters. The van der Waals surface area contributed by atoms with Gasteiger partial charge in [0.15, 0.2) is 12.2 Å². The molecule has 11 nitrogen and oxygen atoms in total. The van der Waals surface area contributed by atoms with Gasteiger partial charge < -0.3 is 40.4 Å². The molecule has 3 unspecified atom stereocenters. The van der Waals surface area contributed by atoms with Crippen molar-refractivity contribution in [2.75, 3.05) is 26.7 Å². The number of benzene rings is 1. The van der Waals surface area contributed by atoms with Crippen LogP contribution in [0.3, 0.4) is 0 Å². The molecule has 0 radical (unpaired) electrons. The number of rotatable bonds is 6. The molecule has 2 aromatic rings. The number of nitrogens with one attached hydrogen (secondary N) is 2. The third-order valence-corrected chi connectivity index (χ3v) is 6.43. The van der Waals surface area contributed by atoms with Gasteiger partial charge in [-0.05, 0) is 49.9 Å². The van der Waals surface area contributed by atoms with Crippen molar-refractivity contribution in [2.24, 2.45) is 5.92 Å². The number of ether oxygens (including phenoxy) is 1. The number of aromatic amines is 1. The van der Waals surface area contributed by atoms with Crippen LogP contribution in [0.1, 0.15) is 30.4 Å². The Labute approximate surface area is 196 Å². The number of H-pyrrole nitrogens is 1. The summed E-state index contributed by atoms with van der Waals surface area (Å²) in [5.74, 6) is -2.55. The number of likely N-dealkylation sites (N-methyl/N-ethyl adjacent to an activating group) is 1.